The lowest BCUT2D eigenvalue weighted by Gasteiger charge is -2.07. The van der Waals surface area contributed by atoms with Gasteiger partial charge in [-0.05, 0) is 24.1 Å². The van der Waals surface area contributed by atoms with Crippen LogP contribution in [0.2, 0.25) is 0 Å². The van der Waals surface area contributed by atoms with Crippen molar-refractivity contribution in [2.45, 2.75) is 31.5 Å². The van der Waals surface area contributed by atoms with Gasteiger partial charge in [0.05, 0.1) is 0 Å². The largest absolute Gasteiger partial charge is 0.301 e. The third-order valence-corrected chi connectivity index (χ3v) is 3.86. The van der Waals surface area contributed by atoms with Gasteiger partial charge in [0.2, 0.25) is 0 Å². The van der Waals surface area contributed by atoms with Gasteiger partial charge in [-0.25, -0.2) is 12.8 Å². The van der Waals surface area contributed by atoms with E-state index < -0.39 is 9.05 Å². The van der Waals surface area contributed by atoms with Crippen molar-refractivity contribution in [1.29, 1.82) is 0 Å². The summed E-state index contributed by atoms with van der Waals surface area (Å²) in [5.74, 6) is 0.0888. The summed E-state index contributed by atoms with van der Waals surface area (Å²) in [5, 5.41) is 7.21. The summed E-state index contributed by atoms with van der Waals surface area (Å²) in [5.41, 5.74) is 0.688. The summed E-state index contributed by atoms with van der Waals surface area (Å²) in [7, 11) is 1.38. The quantitative estimate of drug-likeness (QED) is 0.794. The molecule has 0 amide bonds. The molecule has 108 valence electrons. The first-order chi connectivity index (χ1) is 9.41. The molecule has 0 saturated carbocycles. The molecule has 0 fully saturated rings. The molecule has 1 aromatic heterocycles. The molecule has 0 radical (unpaired) electrons. The van der Waals surface area contributed by atoms with Crippen molar-refractivity contribution in [2.24, 2.45) is 0 Å². The average molecular weight is 318 g/mol. The van der Waals surface area contributed by atoms with Gasteiger partial charge >= 0.3 is 0 Å². The zero-order valence-corrected chi connectivity index (χ0v) is 12.3. The number of benzene rings is 1. The highest BCUT2D eigenvalue weighted by atomic mass is 35.7. The summed E-state index contributed by atoms with van der Waals surface area (Å²) < 4.78 is 37.5. The third kappa shape index (κ3) is 3.34. The topological polar surface area (TPSA) is 64.8 Å². The number of rotatable bonds is 5. The van der Waals surface area contributed by atoms with Crippen LogP contribution in [0.5, 0.6) is 0 Å². The highest BCUT2D eigenvalue weighted by Gasteiger charge is 2.22. The predicted octanol–water partition coefficient (Wildman–Crippen LogP) is 2.35. The number of hydrogen-bond acceptors (Lipinski definition) is 4. The van der Waals surface area contributed by atoms with E-state index >= 15 is 0 Å². The molecule has 0 saturated heterocycles. The lowest BCUT2D eigenvalue weighted by molar-refractivity contribution is 0.558. The zero-order chi connectivity index (χ0) is 14.8. The van der Waals surface area contributed by atoms with Gasteiger partial charge in [0.1, 0.15) is 11.6 Å². The van der Waals surface area contributed by atoms with Crippen molar-refractivity contribution in [1.82, 2.24) is 14.8 Å². The molecule has 8 heteroatoms. The minimum Gasteiger partial charge on any atom is -0.301 e. The van der Waals surface area contributed by atoms with E-state index in [0.29, 0.717) is 24.4 Å². The Hall–Kier alpha value is -1.47. The molecule has 0 spiro atoms. The first-order valence-corrected chi connectivity index (χ1v) is 8.34. The van der Waals surface area contributed by atoms with E-state index in [1.54, 1.807) is 12.1 Å². The summed E-state index contributed by atoms with van der Waals surface area (Å²) >= 11 is 0. The lowest BCUT2D eigenvalue weighted by atomic mass is 10.1. The Morgan fingerprint density at radius 3 is 2.70 bits per heavy atom. The van der Waals surface area contributed by atoms with Crippen LogP contribution >= 0.6 is 10.7 Å². The Morgan fingerprint density at radius 2 is 2.10 bits per heavy atom. The second-order valence-corrected chi connectivity index (χ2v) is 6.75. The molecule has 20 heavy (non-hydrogen) atoms. The molecule has 1 aromatic carbocycles. The number of aromatic nitrogens is 3. The van der Waals surface area contributed by atoms with Crippen LogP contribution in [0.25, 0.3) is 0 Å². The Morgan fingerprint density at radius 1 is 1.35 bits per heavy atom. The van der Waals surface area contributed by atoms with E-state index in [1.807, 2.05) is 6.92 Å². The molecule has 0 aliphatic rings. The maximum atomic E-state index is 13.2. The fourth-order valence-electron chi connectivity index (χ4n) is 1.91. The van der Waals surface area contributed by atoms with E-state index in [1.165, 1.54) is 16.7 Å². The van der Waals surface area contributed by atoms with Gasteiger partial charge in [-0.2, -0.15) is 0 Å². The van der Waals surface area contributed by atoms with Crippen LogP contribution in [-0.4, -0.2) is 23.2 Å². The molecule has 0 atom stereocenters. The van der Waals surface area contributed by atoms with E-state index in [2.05, 4.69) is 10.2 Å². The lowest BCUT2D eigenvalue weighted by Crippen LogP contribution is -2.10. The molecule has 0 aliphatic heterocycles. The van der Waals surface area contributed by atoms with E-state index in [4.69, 9.17) is 10.7 Å². The maximum Gasteiger partial charge on any atom is 0.296 e. The van der Waals surface area contributed by atoms with Crippen molar-refractivity contribution >= 4 is 19.7 Å². The molecule has 0 unspecified atom stereocenters. The second-order valence-electron chi connectivity index (χ2n) is 4.29. The molecule has 5 nitrogen and oxygen atoms in total. The summed E-state index contributed by atoms with van der Waals surface area (Å²) in [6, 6.07) is 6.04. The van der Waals surface area contributed by atoms with Crippen molar-refractivity contribution in [2.75, 3.05) is 0 Å². The van der Waals surface area contributed by atoms with Gasteiger partial charge in [0.25, 0.3) is 14.2 Å². The van der Waals surface area contributed by atoms with Crippen molar-refractivity contribution < 1.29 is 12.8 Å². The van der Waals surface area contributed by atoms with Gasteiger partial charge in [0.15, 0.2) is 0 Å². The fourth-order valence-corrected chi connectivity index (χ4v) is 2.85. The van der Waals surface area contributed by atoms with Crippen LogP contribution in [0.3, 0.4) is 0 Å². The third-order valence-electron chi connectivity index (χ3n) is 2.71. The van der Waals surface area contributed by atoms with Crippen LogP contribution in [0.1, 0.15) is 24.7 Å². The predicted molar refractivity (Wildman–Crippen MR) is 72.6 cm³/mol. The van der Waals surface area contributed by atoms with Crippen LogP contribution in [0, 0.1) is 5.82 Å². The number of halogens is 2. The van der Waals surface area contributed by atoms with Crippen molar-refractivity contribution in [3.05, 3.63) is 41.5 Å². The van der Waals surface area contributed by atoms with Gasteiger partial charge in [-0.15, -0.1) is 10.2 Å². The van der Waals surface area contributed by atoms with Gasteiger partial charge in [-0.3, -0.25) is 0 Å². The van der Waals surface area contributed by atoms with Crippen LogP contribution < -0.4 is 0 Å². The average Bonchev–Trinajstić information content (AvgIpc) is 2.73. The van der Waals surface area contributed by atoms with Crippen molar-refractivity contribution in [3.63, 3.8) is 0 Å². The number of nitrogens with zero attached hydrogens (tertiary/aromatic N) is 3. The van der Waals surface area contributed by atoms with Crippen LogP contribution in [0.4, 0.5) is 4.39 Å². The van der Waals surface area contributed by atoms with Gasteiger partial charge < -0.3 is 4.57 Å². The first kappa shape index (κ1) is 14.9. The van der Waals surface area contributed by atoms with Gasteiger partial charge in [-0.1, -0.05) is 19.1 Å². The maximum absolute atomic E-state index is 13.2. The summed E-state index contributed by atoms with van der Waals surface area (Å²) in [6.07, 6.45) is 0.991. The summed E-state index contributed by atoms with van der Waals surface area (Å²) in [6.45, 7) is 2.33. The monoisotopic (exact) mass is 317 g/mol. The highest BCUT2D eigenvalue weighted by molar-refractivity contribution is 8.13. The molecular weight excluding hydrogens is 305 g/mol. The molecule has 1 heterocycles. The standard InChI is InChI=1S/C12H13ClFN3O2S/c1-2-6-17-11(15-16-12(17)20(13,18)19)8-9-4-3-5-10(14)7-9/h3-5,7H,2,6,8H2,1H3. The SMILES string of the molecule is CCCn1c(Cc2cccc(F)c2)nnc1S(=O)(=O)Cl. The van der Waals surface area contributed by atoms with Crippen LogP contribution in [0.15, 0.2) is 29.4 Å². The summed E-state index contributed by atoms with van der Waals surface area (Å²) in [4.78, 5) is 0. The van der Waals surface area contributed by atoms with Crippen LogP contribution in [-0.2, 0) is 22.0 Å². The number of hydrogen-bond donors (Lipinski definition) is 0. The molecule has 0 bridgehead atoms. The normalized spacial score (nSPS) is 11.8. The van der Waals surface area contributed by atoms with E-state index in [0.717, 1.165) is 0 Å². The molecule has 0 N–H and O–H groups in total. The first-order valence-electron chi connectivity index (χ1n) is 6.03. The molecular formula is C12H13ClFN3O2S. The smallest absolute Gasteiger partial charge is 0.296 e. The van der Waals surface area contributed by atoms with E-state index in [-0.39, 0.29) is 17.4 Å². The molecule has 2 aromatic rings. The van der Waals surface area contributed by atoms with E-state index in [9.17, 15) is 12.8 Å². The fraction of sp³-hybridized carbons (Fsp3) is 0.333. The second kappa shape index (κ2) is 5.88. The Bertz CT molecular complexity index is 715. The van der Waals surface area contributed by atoms with Crippen molar-refractivity contribution in [3.8, 4) is 0 Å². The highest BCUT2D eigenvalue weighted by Crippen LogP contribution is 2.17. The minimum atomic E-state index is -3.95. The Balaban J connectivity index is 2.39. The Kier molecular flexibility index (Phi) is 4.39. The molecule has 0 aliphatic carbocycles. The minimum absolute atomic E-state index is 0.271. The molecule has 2 rings (SSSR count). The Labute approximate surface area is 120 Å². The zero-order valence-electron chi connectivity index (χ0n) is 10.8. The van der Waals surface area contributed by atoms with Gasteiger partial charge in [0, 0.05) is 23.6 Å².